The van der Waals surface area contributed by atoms with Gasteiger partial charge in [0.1, 0.15) is 0 Å². The third-order valence-corrected chi connectivity index (χ3v) is 7.19. The minimum absolute atomic E-state index is 0.269. The summed E-state index contributed by atoms with van der Waals surface area (Å²) in [4.78, 5) is 4.67. The number of pyridine rings is 1. The van der Waals surface area contributed by atoms with E-state index in [-0.39, 0.29) is 4.90 Å². The van der Waals surface area contributed by atoms with Crippen LogP contribution in [0.4, 0.5) is 5.69 Å². The van der Waals surface area contributed by atoms with Crippen LogP contribution in [0.15, 0.2) is 96.5 Å². The molecule has 0 aliphatic carbocycles. The molecular weight excluding hydrogens is 476 g/mol. The fourth-order valence-corrected chi connectivity index (χ4v) is 4.82. The van der Waals surface area contributed by atoms with E-state index in [9.17, 15) is 8.42 Å². The third kappa shape index (κ3) is 5.81. The number of aryl methyl sites for hydroxylation is 1. The van der Waals surface area contributed by atoms with E-state index in [4.69, 9.17) is 11.6 Å². The summed E-state index contributed by atoms with van der Waals surface area (Å²) in [6.45, 7) is 6.41. The Morgan fingerprint density at radius 2 is 1.74 bits per heavy atom. The SMILES string of the molecule is C=C(Nc1ccc(Cl)c(-c2ccccn2)c1)c1ccc(S(C)(=O)=O)cc1-c1ccc(CCC)cc1. The largest absolute Gasteiger partial charge is 0.355 e. The van der Waals surface area contributed by atoms with Gasteiger partial charge in [0.25, 0.3) is 0 Å². The average Bonchev–Trinajstić information content (AvgIpc) is 2.85. The molecule has 4 nitrogen and oxygen atoms in total. The number of anilines is 1. The number of aromatic nitrogens is 1. The van der Waals surface area contributed by atoms with Crippen LogP contribution in [0.1, 0.15) is 24.5 Å². The van der Waals surface area contributed by atoms with Gasteiger partial charge in [-0.05, 0) is 65.6 Å². The first-order chi connectivity index (χ1) is 16.8. The van der Waals surface area contributed by atoms with Gasteiger partial charge in [0, 0.05) is 35.0 Å². The van der Waals surface area contributed by atoms with Crippen molar-refractivity contribution < 1.29 is 8.42 Å². The van der Waals surface area contributed by atoms with Crippen LogP contribution < -0.4 is 5.32 Å². The Labute approximate surface area is 212 Å². The Hall–Kier alpha value is -3.41. The molecule has 1 aromatic heterocycles. The molecule has 1 N–H and O–H groups in total. The third-order valence-electron chi connectivity index (χ3n) is 5.75. The van der Waals surface area contributed by atoms with Gasteiger partial charge in [0.2, 0.25) is 0 Å². The van der Waals surface area contributed by atoms with E-state index in [1.807, 2.05) is 48.5 Å². The molecule has 4 rings (SSSR count). The number of sulfone groups is 1. The van der Waals surface area contributed by atoms with E-state index in [2.05, 4.69) is 35.9 Å². The van der Waals surface area contributed by atoms with Gasteiger partial charge in [-0.3, -0.25) is 4.98 Å². The van der Waals surface area contributed by atoms with Crippen LogP contribution in [0.5, 0.6) is 0 Å². The van der Waals surface area contributed by atoms with Crippen molar-refractivity contribution in [2.75, 3.05) is 11.6 Å². The first-order valence-corrected chi connectivity index (χ1v) is 13.6. The van der Waals surface area contributed by atoms with Crippen molar-refractivity contribution >= 4 is 32.8 Å². The van der Waals surface area contributed by atoms with Gasteiger partial charge in [-0.2, -0.15) is 0 Å². The van der Waals surface area contributed by atoms with Gasteiger partial charge >= 0.3 is 0 Å². The van der Waals surface area contributed by atoms with Crippen molar-refractivity contribution in [3.05, 3.63) is 108 Å². The van der Waals surface area contributed by atoms with Crippen LogP contribution in [-0.2, 0) is 16.3 Å². The minimum Gasteiger partial charge on any atom is -0.355 e. The van der Waals surface area contributed by atoms with Crippen LogP contribution in [0, 0.1) is 0 Å². The fraction of sp³-hybridized carbons (Fsp3) is 0.138. The van der Waals surface area contributed by atoms with Gasteiger partial charge in [-0.25, -0.2) is 8.42 Å². The predicted octanol–water partition coefficient (Wildman–Crippen LogP) is 7.51. The molecule has 0 fully saturated rings. The van der Waals surface area contributed by atoms with Gasteiger partial charge in [-0.15, -0.1) is 0 Å². The molecule has 0 saturated carbocycles. The Bertz CT molecular complexity index is 1460. The van der Waals surface area contributed by atoms with E-state index in [1.54, 1.807) is 24.4 Å². The average molecular weight is 503 g/mol. The highest BCUT2D eigenvalue weighted by molar-refractivity contribution is 7.90. The second kappa shape index (κ2) is 10.5. The fourth-order valence-electron chi connectivity index (χ4n) is 3.96. The molecule has 6 heteroatoms. The molecule has 0 bridgehead atoms. The Morgan fingerprint density at radius 1 is 0.971 bits per heavy atom. The van der Waals surface area contributed by atoms with Crippen molar-refractivity contribution in [1.82, 2.24) is 4.98 Å². The summed E-state index contributed by atoms with van der Waals surface area (Å²) in [5.41, 5.74) is 6.82. The summed E-state index contributed by atoms with van der Waals surface area (Å²) in [7, 11) is -3.36. The molecule has 1 heterocycles. The smallest absolute Gasteiger partial charge is 0.175 e. The summed E-state index contributed by atoms with van der Waals surface area (Å²) < 4.78 is 24.6. The quantitative estimate of drug-likeness (QED) is 0.271. The maximum Gasteiger partial charge on any atom is 0.175 e. The van der Waals surface area contributed by atoms with Crippen molar-refractivity contribution in [2.24, 2.45) is 0 Å². The zero-order chi connectivity index (χ0) is 25.0. The summed E-state index contributed by atoms with van der Waals surface area (Å²) in [5.74, 6) is 0. The maximum atomic E-state index is 12.3. The van der Waals surface area contributed by atoms with Gasteiger partial charge in [0.15, 0.2) is 9.84 Å². The minimum atomic E-state index is -3.36. The summed E-state index contributed by atoms with van der Waals surface area (Å²) >= 11 is 6.44. The number of nitrogens with zero attached hydrogens (tertiary/aromatic N) is 1. The topological polar surface area (TPSA) is 59.1 Å². The van der Waals surface area contributed by atoms with Crippen molar-refractivity contribution in [1.29, 1.82) is 0 Å². The van der Waals surface area contributed by atoms with Crippen molar-refractivity contribution in [3.63, 3.8) is 0 Å². The molecule has 0 aliphatic heterocycles. The van der Waals surface area contributed by atoms with E-state index in [0.29, 0.717) is 10.7 Å². The second-order valence-corrected chi connectivity index (χ2v) is 10.9. The van der Waals surface area contributed by atoms with Crippen LogP contribution >= 0.6 is 11.6 Å². The van der Waals surface area contributed by atoms with Gasteiger partial charge in [-0.1, -0.05) is 67.9 Å². The summed E-state index contributed by atoms with van der Waals surface area (Å²) in [5, 5.41) is 3.97. The number of hydrogen-bond donors (Lipinski definition) is 1. The second-order valence-electron chi connectivity index (χ2n) is 8.44. The molecule has 4 aromatic rings. The van der Waals surface area contributed by atoms with Crippen LogP contribution in [-0.4, -0.2) is 19.7 Å². The molecule has 0 radical (unpaired) electrons. The molecule has 0 aliphatic rings. The standard InChI is InChI=1S/C29H27ClN2O2S/c1-4-7-21-9-11-22(12-10-21)26-19-24(35(3,33)34)14-15-25(26)20(2)32-23-13-16-28(30)27(18-23)29-8-5-6-17-31-29/h5-6,8-19,32H,2,4,7H2,1,3H3. The van der Waals surface area contributed by atoms with Crippen LogP contribution in [0.25, 0.3) is 28.1 Å². The van der Waals surface area contributed by atoms with E-state index in [0.717, 1.165) is 46.5 Å². The van der Waals surface area contributed by atoms with Crippen LogP contribution in [0.3, 0.4) is 0 Å². The number of nitrogens with one attached hydrogen (secondary N) is 1. The van der Waals surface area contributed by atoms with Crippen molar-refractivity contribution in [2.45, 2.75) is 24.7 Å². The normalized spacial score (nSPS) is 11.3. The van der Waals surface area contributed by atoms with Gasteiger partial charge in [0.05, 0.1) is 15.6 Å². The molecule has 3 aromatic carbocycles. The Morgan fingerprint density at radius 3 is 2.40 bits per heavy atom. The maximum absolute atomic E-state index is 12.3. The number of benzene rings is 3. The molecule has 0 amide bonds. The zero-order valence-electron chi connectivity index (χ0n) is 19.8. The monoisotopic (exact) mass is 502 g/mol. The molecule has 0 spiro atoms. The lowest BCUT2D eigenvalue weighted by molar-refractivity contribution is 0.602. The predicted molar refractivity (Wildman–Crippen MR) is 146 cm³/mol. The molecule has 0 atom stereocenters. The van der Waals surface area contributed by atoms with E-state index in [1.165, 1.54) is 11.8 Å². The lowest BCUT2D eigenvalue weighted by Gasteiger charge is -2.17. The Kier molecular flexibility index (Phi) is 7.39. The van der Waals surface area contributed by atoms with E-state index >= 15 is 0 Å². The van der Waals surface area contributed by atoms with Gasteiger partial charge < -0.3 is 5.32 Å². The number of rotatable bonds is 8. The number of hydrogen-bond acceptors (Lipinski definition) is 4. The van der Waals surface area contributed by atoms with Crippen molar-refractivity contribution in [3.8, 4) is 22.4 Å². The first-order valence-electron chi connectivity index (χ1n) is 11.4. The molecule has 0 saturated heterocycles. The number of halogens is 1. The lowest BCUT2D eigenvalue weighted by Crippen LogP contribution is -2.03. The summed E-state index contributed by atoms with van der Waals surface area (Å²) in [6, 6.07) is 24.7. The Balaban J connectivity index is 1.72. The molecule has 35 heavy (non-hydrogen) atoms. The highest BCUT2D eigenvalue weighted by Gasteiger charge is 2.15. The van der Waals surface area contributed by atoms with Crippen LogP contribution in [0.2, 0.25) is 5.02 Å². The van der Waals surface area contributed by atoms with E-state index < -0.39 is 9.84 Å². The highest BCUT2D eigenvalue weighted by atomic mass is 35.5. The summed E-state index contributed by atoms with van der Waals surface area (Å²) in [6.07, 6.45) is 5.01. The first kappa shape index (κ1) is 24.7. The molecular formula is C29H27ClN2O2S. The lowest BCUT2D eigenvalue weighted by atomic mass is 9.96. The zero-order valence-corrected chi connectivity index (χ0v) is 21.3. The molecule has 178 valence electrons. The highest BCUT2D eigenvalue weighted by Crippen LogP contribution is 2.34. The molecule has 0 unspecified atom stereocenters.